The highest BCUT2D eigenvalue weighted by molar-refractivity contribution is 5.82. The first kappa shape index (κ1) is 21.0. The van der Waals surface area contributed by atoms with Gasteiger partial charge in [0.2, 0.25) is 0 Å². The molecule has 30 heavy (non-hydrogen) atoms. The summed E-state index contributed by atoms with van der Waals surface area (Å²) in [4.78, 5) is 12.3. The zero-order valence-electron chi connectivity index (χ0n) is 16.5. The van der Waals surface area contributed by atoms with Crippen LogP contribution in [0.4, 0.5) is 0 Å². The molecule has 0 radical (unpaired) electrons. The topological polar surface area (TPSA) is 105 Å². The summed E-state index contributed by atoms with van der Waals surface area (Å²) < 4.78 is 15.6. The van der Waals surface area contributed by atoms with E-state index >= 15 is 0 Å². The van der Waals surface area contributed by atoms with Crippen molar-refractivity contribution in [2.75, 3.05) is 20.3 Å². The van der Waals surface area contributed by atoms with Crippen LogP contribution in [0.2, 0.25) is 0 Å². The van der Waals surface area contributed by atoms with Crippen molar-refractivity contribution in [2.24, 2.45) is 0 Å². The Morgan fingerprint density at radius 2 is 1.97 bits per heavy atom. The van der Waals surface area contributed by atoms with E-state index < -0.39 is 12.0 Å². The number of hydrogen-bond acceptors (Lipinski definition) is 6. The van der Waals surface area contributed by atoms with Crippen LogP contribution < -0.4 is 14.8 Å². The second kappa shape index (κ2) is 10.1. The van der Waals surface area contributed by atoms with E-state index in [1.165, 1.54) is 7.11 Å². The summed E-state index contributed by atoms with van der Waals surface area (Å²) in [7, 11) is 1.52. The lowest BCUT2D eigenvalue weighted by Crippen LogP contribution is -2.30. The fourth-order valence-electron chi connectivity index (χ4n) is 2.96. The van der Waals surface area contributed by atoms with E-state index in [0.29, 0.717) is 30.0 Å². The Labute approximate surface area is 174 Å². The van der Waals surface area contributed by atoms with E-state index in [2.05, 4.69) is 5.32 Å². The van der Waals surface area contributed by atoms with Gasteiger partial charge in [0.25, 0.3) is 5.91 Å². The third-order valence-electron chi connectivity index (χ3n) is 4.56. The van der Waals surface area contributed by atoms with Crippen molar-refractivity contribution in [3.8, 4) is 28.7 Å². The summed E-state index contributed by atoms with van der Waals surface area (Å²) in [6.45, 7) is 0.289. The molecule has 0 saturated heterocycles. The molecule has 1 aromatic heterocycles. The van der Waals surface area contributed by atoms with Crippen LogP contribution in [0.3, 0.4) is 0 Å². The monoisotopic (exact) mass is 406 g/mol. The zero-order valence-corrected chi connectivity index (χ0v) is 16.5. The van der Waals surface area contributed by atoms with Gasteiger partial charge in [-0.15, -0.1) is 0 Å². The summed E-state index contributed by atoms with van der Waals surface area (Å²) in [5, 5.41) is 21.7. The summed E-state index contributed by atoms with van der Waals surface area (Å²) in [6.07, 6.45) is 2.52. The third kappa shape index (κ3) is 5.19. The fraction of sp³-hybridized carbons (Fsp3) is 0.217. The molecule has 0 aliphatic carbocycles. The fourth-order valence-corrected chi connectivity index (χ4v) is 2.96. The minimum Gasteiger partial charge on any atom is -0.493 e. The van der Waals surface area contributed by atoms with E-state index in [-0.39, 0.29) is 6.61 Å². The summed E-state index contributed by atoms with van der Waals surface area (Å²) in [5.74, 6) is 0.542. The van der Waals surface area contributed by atoms with Crippen LogP contribution in [0, 0.1) is 11.3 Å². The van der Waals surface area contributed by atoms with E-state index in [4.69, 9.17) is 19.2 Å². The van der Waals surface area contributed by atoms with Crippen LogP contribution in [0.1, 0.15) is 17.2 Å². The highest BCUT2D eigenvalue weighted by Gasteiger charge is 2.17. The number of nitriles is 1. The minimum absolute atomic E-state index is 0.0628. The quantitative estimate of drug-likeness (QED) is 0.565. The van der Waals surface area contributed by atoms with Crippen LogP contribution >= 0.6 is 0 Å². The number of carbonyl (C=O) groups excluding carboxylic acids is 1. The highest BCUT2D eigenvalue weighted by atomic mass is 16.5. The van der Waals surface area contributed by atoms with Gasteiger partial charge in [-0.05, 0) is 41.3 Å². The molecule has 0 aliphatic heterocycles. The molecule has 1 unspecified atom stereocenters. The lowest BCUT2D eigenvalue weighted by molar-refractivity contribution is -0.129. The summed E-state index contributed by atoms with van der Waals surface area (Å²) in [6, 6.07) is 16.2. The highest BCUT2D eigenvalue weighted by Crippen LogP contribution is 2.28. The second-order valence-electron chi connectivity index (χ2n) is 6.51. The Morgan fingerprint density at radius 3 is 2.63 bits per heavy atom. The predicted octanol–water partition coefficient (Wildman–Crippen LogP) is 3.25. The van der Waals surface area contributed by atoms with Crippen molar-refractivity contribution < 1.29 is 23.8 Å². The summed E-state index contributed by atoms with van der Waals surface area (Å²) in [5.41, 5.74) is 3.31. The van der Waals surface area contributed by atoms with Crippen molar-refractivity contribution in [1.29, 1.82) is 5.26 Å². The molecule has 0 fully saturated rings. The molecule has 154 valence electrons. The maximum atomic E-state index is 12.3. The number of benzene rings is 2. The first-order valence-corrected chi connectivity index (χ1v) is 9.37. The molecule has 7 heteroatoms. The number of nitrogens with one attached hydrogen (secondary N) is 1. The van der Waals surface area contributed by atoms with Crippen molar-refractivity contribution >= 4 is 5.91 Å². The average molecular weight is 406 g/mol. The van der Waals surface area contributed by atoms with Gasteiger partial charge in [0.1, 0.15) is 6.07 Å². The first-order chi connectivity index (χ1) is 14.6. The molecule has 0 bridgehead atoms. The molecule has 1 heterocycles. The third-order valence-corrected chi connectivity index (χ3v) is 4.56. The van der Waals surface area contributed by atoms with Crippen LogP contribution in [0.25, 0.3) is 11.1 Å². The SMILES string of the molecule is COc1cc(CCNC(=O)C(O)c2ccc(-c3ccoc3)cc2)ccc1OCC#N. The number of furan rings is 1. The molecule has 3 rings (SSSR count). The van der Waals surface area contributed by atoms with Gasteiger partial charge in [0.05, 0.1) is 19.6 Å². The molecule has 0 aliphatic rings. The number of aliphatic hydroxyl groups is 1. The Hall–Kier alpha value is -3.76. The molecule has 0 spiro atoms. The molecule has 1 atom stereocenters. The van der Waals surface area contributed by atoms with Crippen LogP contribution in [-0.4, -0.2) is 31.3 Å². The predicted molar refractivity (Wildman–Crippen MR) is 110 cm³/mol. The van der Waals surface area contributed by atoms with Gasteiger partial charge >= 0.3 is 0 Å². The van der Waals surface area contributed by atoms with E-state index in [1.807, 2.05) is 30.3 Å². The van der Waals surface area contributed by atoms with Crippen molar-refractivity contribution in [2.45, 2.75) is 12.5 Å². The molecule has 0 saturated carbocycles. The Kier molecular flexibility index (Phi) is 7.09. The largest absolute Gasteiger partial charge is 0.493 e. The lowest BCUT2D eigenvalue weighted by Gasteiger charge is -2.13. The standard InChI is InChI=1S/C23H22N2O5/c1-28-21-14-16(2-7-20(21)30-13-10-24)8-11-25-23(27)22(26)18-5-3-17(4-6-18)19-9-12-29-15-19/h2-7,9,12,14-15,22,26H,8,11,13H2,1H3,(H,25,27). The number of rotatable bonds is 9. The van der Waals surface area contributed by atoms with Crippen molar-refractivity contribution in [1.82, 2.24) is 5.32 Å². The lowest BCUT2D eigenvalue weighted by atomic mass is 10.0. The molecule has 3 aromatic rings. The number of ether oxygens (including phenoxy) is 2. The number of nitrogens with zero attached hydrogens (tertiary/aromatic N) is 1. The van der Waals surface area contributed by atoms with Crippen LogP contribution in [-0.2, 0) is 11.2 Å². The summed E-state index contributed by atoms with van der Waals surface area (Å²) >= 11 is 0. The van der Waals surface area contributed by atoms with Gasteiger partial charge in [-0.2, -0.15) is 5.26 Å². The minimum atomic E-state index is -1.25. The zero-order chi connectivity index (χ0) is 21.3. The Bertz CT molecular complexity index is 1010. The van der Waals surface area contributed by atoms with Crippen molar-refractivity contribution in [3.05, 3.63) is 72.2 Å². The smallest absolute Gasteiger partial charge is 0.253 e. The van der Waals surface area contributed by atoms with Gasteiger partial charge in [0.15, 0.2) is 24.2 Å². The maximum absolute atomic E-state index is 12.3. The molecule has 1 amide bonds. The number of aliphatic hydroxyl groups excluding tert-OH is 1. The maximum Gasteiger partial charge on any atom is 0.253 e. The van der Waals surface area contributed by atoms with E-state index in [1.54, 1.807) is 36.8 Å². The van der Waals surface area contributed by atoms with Gasteiger partial charge in [-0.3, -0.25) is 4.79 Å². The second-order valence-corrected chi connectivity index (χ2v) is 6.51. The van der Waals surface area contributed by atoms with E-state index in [9.17, 15) is 9.90 Å². The molecular weight excluding hydrogens is 384 g/mol. The van der Waals surface area contributed by atoms with Gasteiger partial charge in [0, 0.05) is 12.1 Å². The molecule has 2 N–H and O–H groups in total. The number of carbonyl (C=O) groups is 1. The average Bonchev–Trinajstić information content (AvgIpc) is 3.32. The molecule has 2 aromatic carbocycles. The van der Waals surface area contributed by atoms with Crippen LogP contribution in [0.5, 0.6) is 11.5 Å². The number of hydrogen-bond donors (Lipinski definition) is 2. The number of methoxy groups -OCH3 is 1. The van der Waals surface area contributed by atoms with E-state index in [0.717, 1.165) is 16.7 Å². The molecule has 7 nitrogen and oxygen atoms in total. The van der Waals surface area contributed by atoms with Gasteiger partial charge in [-0.1, -0.05) is 30.3 Å². The molecular formula is C23H22N2O5. The normalized spacial score (nSPS) is 11.4. The first-order valence-electron chi connectivity index (χ1n) is 9.37. The Balaban J connectivity index is 1.53. The van der Waals surface area contributed by atoms with Crippen LogP contribution in [0.15, 0.2) is 65.5 Å². The van der Waals surface area contributed by atoms with Gasteiger partial charge in [-0.25, -0.2) is 0 Å². The number of amides is 1. The van der Waals surface area contributed by atoms with Crippen molar-refractivity contribution in [3.63, 3.8) is 0 Å². The van der Waals surface area contributed by atoms with Gasteiger partial charge < -0.3 is 24.3 Å². The Morgan fingerprint density at radius 1 is 1.17 bits per heavy atom.